The molecule has 2 atom stereocenters. The van der Waals surface area contributed by atoms with E-state index in [1.807, 2.05) is 17.8 Å². The summed E-state index contributed by atoms with van der Waals surface area (Å²) < 4.78 is 4.74. The average molecular weight is 287 g/mol. The number of benzene rings is 1. The van der Waals surface area contributed by atoms with Gasteiger partial charge >= 0.3 is 5.97 Å². The van der Waals surface area contributed by atoms with Crippen LogP contribution in [-0.2, 0) is 9.53 Å². The maximum atomic E-state index is 11.4. The Morgan fingerprint density at radius 2 is 2.20 bits per heavy atom. The summed E-state index contributed by atoms with van der Waals surface area (Å²) in [7, 11) is 3.54. The Kier molecular flexibility index (Phi) is 3.57. The van der Waals surface area contributed by atoms with Crippen LogP contribution in [0.3, 0.4) is 0 Å². The van der Waals surface area contributed by atoms with Crippen molar-refractivity contribution in [2.75, 3.05) is 19.1 Å². The number of anilines is 1. The molecule has 0 saturated heterocycles. The fourth-order valence-corrected chi connectivity index (χ4v) is 4.00. The maximum absolute atomic E-state index is 11.4. The van der Waals surface area contributed by atoms with Gasteiger partial charge < -0.3 is 9.64 Å². The maximum Gasteiger partial charge on any atom is 0.309 e. The molecule has 1 heterocycles. The molecule has 1 aliphatic carbocycles. The smallest absolute Gasteiger partial charge is 0.309 e. The van der Waals surface area contributed by atoms with Crippen molar-refractivity contribution in [2.45, 2.75) is 22.6 Å². The third-order valence-electron chi connectivity index (χ3n) is 3.75. The van der Waals surface area contributed by atoms with Crippen LogP contribution in [0.4, 0.5) is 5.69 Å². The number of likely N-dealkylation sites (N-methyl/N-ethyl adjacent to an activating group) is 1. The summed E-state index contributed by atoms with van der Waals surface area (Å²) in [4.78, 5) is 15.0. The summed E-state index contributed by atoms with van der Waals surface area (Å²) in [5.74, 6) is -0.189. The highest BCUT2D eigenvalue weighted by atomic mass is 32.2. The molecule has 0 N–H and O–H groups in total. The SMILES string of the molecule is COC(=O)CC1=C[C@@H]2[C@H](C=C1)Sc1ccccc1N2C. The molecule has 1 aromatic rings. The van der Waals surface area contributed by atoms with E-state index in [0.29, 0.717) is 17.7 Å². The molecule has 3 nitrogen and oxygen atoms in total. The van der Waals surface area contributed by atoms with Gasteiger partial charge in [0.15, 0.2) is 0 Å². The van der Waals surface area contributed by atoms with Crippen LogP contribution in [0.1, 0.15) is 6.42 Å². The minimum atomic E-state index is -0.189. The van der Waals surface area contributed by atoms with E-state index >= 15 is 0 Å². The third-order valence-corrected chi connectivity index (χ3v) is 5.06. The lowest BCUT2D eigenvalue weighted by Crippen LogP contribution is -2.42. The molecule has 0 spiro atoms. The highest BCUT2D eigenvalue weighted by Gasteiger charge is 2.32. The number of carbonyl (C=O) groups is 1. The Bertz CT molecular complexity index is 594. The van der Waals surface area contributed by atoms with E-state index in [-0.39, 0.29) is 5.97 Å². The largest absolute Gasteiger partial charge is 0.469 e. The fraction of sp³-hybridized carbons (Fsp3) is 0.312. The van der Waals surface area contributed by atoms with Crippen molar-refractivity contribution < 1.29 is 9.53 Å². The molecule has 0 saturated carbocycles. The number of carbonyl (C=O) groups excluding carboxylic acids is 1. The summed E-state index contributed by atoms with van der Waals surface area (Å²) in [6.07, 6.45) is 6.77. The number of thioether (sulfide) groups is 1. The monoisotopic (exact) mass is 287 g/mol. The average Bonchev–Trinajstić information content (AvgIpc) is 2.48. The van der Waals surface area contributed by atoms with Crippen LogP contribution < -0.4 is 4.90 Å². The molecule has 3 rings (SSSR count). The van der Waals surface area contributed by atoms with Crippen molar-refractivity contribution in [1.82, 2.24) is 0 Å². The second kappa shape index (κ2) is 5.37. The zero-order valence-electron chi connectivity index (χ0n) is 11.6. The molecule has 0 unspecified atom stereocenters. The second-order valence-electron chi connectivity index (χ2n) is 5.01. The third kappa shape index (κ3) is 2.36. The minimum Gasteiger partial charge on any atom is -0.469 e. The van der Waals surface area contributed by atoms with Gasteiger partial charge in [0.05, 0.1) is 30.5 Å². The second-order valence-corrected chi connectivity index (χ2v) is 6.23. The number of allylic oxidation sites excluding steroid dienone is 1. The normalized spacial score (nSPS) is 23.7. The molecule has 0 radical (unpaired) electrons. The van der Waals surface area contributed by atoms with Crippen LogP contribution in [0.25, 0.3) is 0 Å². The molecular formula is C16H17NO2S. The molecule has 20 heavy (non-hydrogen) atoms. The van der Waals surface area contributed by atoms with Gasteiger partial charge in [0, 0.05) is 11.9 Å². The number of ether oxygens (including phenoxy) is 1. The first kappa shape index (κ1) is 13.3. The van der Waals surface area contributed by atoms with E-state index in [9.17, 15) is 4.79 Å². The van der Waals surface area contributed by atoms with Gasteiger partial charge in [-0.05, 0) is 17.7 Å². The molecule has 0 fully saturated rings. The molecule has 0 bridgehead atoms. The first-order chi connectivity index (χ1) is 9.69. The van der Waals surface area contributed by atoms with E-state index in [0.717, 1.165) is 5.57 Å². The predicted octanol–water partition coefficient (Wildman–Crippen LogP) is 3.03. The Labute approximate surface area is 123 Å². The van der Waals surface area contributed by atoms with E-state index in [1.54, 1.807) is 0 Å². The minimum absolute atomic E-state index is 0.189. The summed E-state index contributed by atoms with van der Waals surface area (Å²) in [5, 5.41) is 0.399. The van der Waals surface area contributed by atoms with Crippen LogP contribution in [0.2, 0.25) is 0 Å². The van der Waals surface area contributed by atoms with Gasteiger partial charge in [-0.2, -0.15) is 0 Å². The number of hydrogen-bond acceptors (Lipinski definition) is 4. The van der Waals surface area contributed by atoms with Crippen LogP contribution in [0.5, 0.6) is 0 Å². The number of fused-ring (bicyclic) bond motifs is 2. The molecule has 0 aromatic heterocycles. The summed E-state index contributed by atoms with van der Waals surface area (Å²) in [6.45, 7) is 0. The molecule has 104 valence electrons. The van der Waals surface area contributed by atoms with Crippen molar-refractivity contribution in [3.05, 3.63) is 48.1 Å². The van der Waals surface area contributed by atoms with Gasteiger partial charge in [-0.1, -0.05) is 30.4 Å². The van der Waals surface area contributed by atoms with Crippen molar-refractivity contribution in [3.63, 3.8) is 0 Å². The van der Waals surface area contributed by atoms with Gasteiger partial charge in [-0.25, -0.2) is 0 Å². The van der Waals surface area contributed by atoms with Crippen molar-refractivity contribution in [3.8, 4) is 0 Å². The number of hydrogen-bond donors (Lipinski definition) is 0. The lowest BCUT2D eigenvalue weighted by Gasteiger charge is -2.40. The zero-order chi connectivity index (χ0) is 14.1. The Morgan fingerprint density at radius 3 is 3.00 bits per heavy atom. The summed E-state index contributed by atoms with van der Waals surface area (Å²) in [5.41, 5.74) is 2.28. The van der Waals surface area contributed by atoms with Crippen molar-refractivity contribution in [2.24, 2.45) is 0 Å². The topological polar surface area (TPSA) is 29.5 Å². The highest BCUT2D eigenvalue weighted by Crippen LogP contribution is 2.43. The molecule has 4 heteroatoms. The van der Waals surface area contributed by atoms with E-state index in [4.69, 9.17) is 4.74 Å². The number of para-hydroxylation sites is 1. The van der Waals surface area contributed by atoms with Crippen molar-refractivity contribution >= 4 is 23.4 Å². The van der Waals surface area contributed by atoms with Gasteiger partial charge in [0.1, 0.15) is 0 Å². The Hall–Kier alpha value is -1.68. The van der Waals surface area contributed by atoms with Gasteiger partial charge in [0.2, 0.25) is 0 Å². The lowest BCUT2D eigenvalue weighted by molar-refractivity contribution is -0.139. The summed E-state index contributed by atoms with van der Waals surface area (Å²) >= 11 is 1.88. The van der Waals surface area contributed by atoms with Gasteiger partial charge in [-0.15, -0.1) is 11.8 Å². The van der Waals surface area contributed by atoms with E-state index in [2.05, 4.69) is 48.4 Å². The molecule has 1 aliphatic heterocycles. The van der Waals surface area contributed by atoms with Crippen molar-refractivity contribution in [1.29, 1.82) is 0 Å². The lowest BCUT2D eigenvalue weighted by atomic mass is 9.98. The molecule has 2 aliphatic rings. The van der Waals surface area contributed by atoms with Crippen LogP contribution in [-0.4, -0.2) is 31.4 Å². The first-order valence-electron chi connectivity index (χ1n) is 6.63. The highest BCUT2D eigenvalue weighted by molar-refractivity contribution is 8.00. The van der Waals surface area contributed by atoms with E-state index in [1.165, 1.54) is 17.7 Å². The zero-order valence-corrected chi connectivity index (χ0v) is 12.4. The molecule has 0 amide bonds. The predicted molar refractivity (Wildman–Crippen MR) is 82.1 cm³/mol. The number of methoxy groups -OCH3 is 1. The molecule has 1 aromatic carbocycles. The number of esters is 1. The standard InChI is InChI=1S/C16H17NO2S/c1-17-12-5-3-4-6-14(12)20-15-8-7-11(9-13(15)17)10-16(18)19-2/h3-9,13,15H,10H2,1-2H3/t13-,15+/m1/s1. The first-order valence-corrected chi connectivity index (χ1v) is 7.51. The number of rotatable bonds is 2. The summed E-state index contributed by atoms with van der Waals surface area (Å²) in [6, 6.07) is 8.73. The quantitative estimate of drug-likeness (QED) is 0.782. The van der Waals surface area contributed by atoms with E-state index < -0.39 is 0 Å². The van der Waals surface area contributed by atoms with Gasteiger partial charge in [-0.3, -0.25) is 4.79 Å². The van der Waals surface area contributed by atoms with Crippen LogP contribution in [0, 0.1) is 0 Å². The van der Waals surface area contributed by atoms with Gasteiger partial charge in [0.25, 0.3) is 0 Å². The molecular weight excluding hydrogens is 270 g/mol. The Morgan fingerprint density at radius 1 is 1.40 bits per heavy atom. The fourth-order valence-electron chi connectivity index (χ4n) is 2.66. The Balaban J connectivity index is 1.87. The van der Waals surface area contributed by atoms with Crippen LogP contribution in [0.15, 0.2) is 53.0 Å². The van der Waals surface area contributed by atoms with Crippen LogP contribution >= 0.6 is 11.8 Å². The number of nitrogens with zero attached hydrogens (tertiary/aromatic N) is 1.